The minimum absolute atomic E-state index is 0.0348. The highest BCUT2D eigenvalue weighted by Gasteiger charge is 2.22. The number of benzene rings is 1. The largest absolute Gasteiger partial charge is 0.468 e. The molecule has 2 aromatic rings. The van der Waals surface area contributed by atoms with E-state index in [0.29, 0.717) is 24.5 Å². The Bertz CT molecular complexity index is 1240. The SMILES string of the molecule is CC#CCn1c(N2CCC[C@@H](N)C2)cc(=O)n(Cc2ccccc2C(=O)NCC(=O)OC)c1=O. The number of nitrogens with two attached hydrogens (primary N) is 1. The van der Waals surface area contributed by atoms with Gasteiger partial charge in [0.05, 0.1) is 20.2 Å². The van der Waals surface area contributed by atoms with Crippen molar-refractivity contribution in [2.45, 2.75) is 38.9 Å². The van der Waals surface area contributed by atoms with Crippen LogP contribution < -0.4 is 27.2 Å². The van der Waals surface area contributed by atoms with E-state index in [2.05, 4.69) is 21.9 Å². The van der Waals surface area contributed by atoms with Crippen molar-refractivity contribution in [3.63, 3.8) is 0 Å². The van der Waals surface area contributed by atoms with Crippen LogP contribution in [-0.2, 0) is 22.6 Å². The summed E-state index contributed by atoms with van der Waals surface area (Å²) in [5.41, 5.74) is 5.83. The van der Waals surface area contributed by atoms with Crippen LogP contribution in [0.3, 0.4) is 0 Å². The van der Waals surface area contributed by atoms with Gasteiger partial charge in [0, 0.05) is 30.8 Å². The number of nitrogens with one attached hydrogen (secondary N) is 1. The lowest BCUT2D eigenvalue weighted by Gasteiger charge is -2.33. The number of anilines is 1. The van der Waals surface area contributed by atoms with E-state index in [4.69, 9.17) is 5.73 Å². The highest BCUT2D eigenvalue weighted by molar-refractivity contribution is 5.97. The predicted octanol–water partition coefficient (Wildman–Crippen LogP) is -0.0881. The van der Waals surface area contributed by atoms with Gasteiger partial charge in [0.2, 0.25) is 0 Å². The zero-order valence-corrected chi connectivity index (χ0v) is 19.4. The Balaban J connectivity index is 1.99. The van der Waals surface area contributed by atoms with Gasteiger partial charge in [-0.25, -0.2) is 4.79 Å². The molecule has 1 saturated heterocycles. The Labute approximate surface area is 197 Å². The van der Waals surface area contributed by atoms with E-state index >= 15 is 0 Å². The monoisotopic (exact) mass is 467 g/mol. The number of aromatic nitrogens is 2. The molecule has 34 heavy (non-hydrogen) atoms. The first-order chi connectivity index (χ1) is 16.3. The molecule has 0 radical (unpaired) electrons. The van der Waals surface area contributed by atoms with Gasteiger partial charge in [-0.15, -0.1) is 5.92 Å². The van der Waals surface area contributed by atoms with Gasteiger partial charge in [0.15, 0.2) is 0 Å². The summed E-state index contributed by atoms with van der Waals surface area (Å²) in [6, 6.07) is 7.99. The number of carbonyl (C=O) groups is 2. The van der Waals surface area contributed by atoms with Crippen LogP contribution in [0.5, 0.6) is 0 Å². The molecule has 3 rings (SSSR count). The first kappa shape index (κ1) is 24.8. The van der Waals surface area contributed by atoms with Crippen LogP contribution in [0.4, 0.5) is 5.82 Å². The Morgan fingerprint density at radius 1 is 1.24 bits per heavy atom. The Kier molecular flexibility index (Phi) is 8.27. The molecule has 1 aliphatic heterocycles. The average Bonchev–Trinajstić information content (AvgIpc) is 2.84. The van der Waals surface area contributed by atoms with Crippen molar-refractivity contribution in [2.24, 2.45) is 5.73 Å². The molecule has 1 amide bonds. The lowest BCUT2D eigenvalue weighted by molar-refractivity contribution is -0.139. The lowest BCUT2D eigenvalue weighted by atomic mass is 10.1. The topological polar surface area (TPSA) is 129 Å². The van der Waals surface area contributed by atoms with Crippen molar-refractivity contribution in [3.8, 4) is 11.8 Å². The lowest BCUT2D eigenvalue weighted by Crippen LogP contribution is -2.48. The summed E-state index contributed by atoms with van der Waals surface area (Å²) in [7, 11) is 1.23. The van der Waals surface area contributed by atoms with Crippen LogP contribution in [-0.4, -0.2) is 53.8 Å². The first-order valence-corrected chi connectivity index (χ1v) is 11.0. The van der Waals surface area contributed by atoms with Gasteiger partial charge in [0.1, 0.15) is 12.4 Å². The third kappa shape index (κ3) is 5.74. The highest BCUT2D eigenvalue weighted by Crippen LogP contribution is 2.17. The Morgan fingerprint density at radius 3 is 2.71 bits per heavy atom. The number of piperidine rings is 1. The number of methoxy groups -OCH3 is 1. The number of hydrogen-bond acceptors (Lipinski definition) is 7. The molecule has 0 saturated carbocycles. The van der Waals surface area contributed by atoms with E-state index in [-0.39, 0.29) is 31.2 Å². The van der Waals surface area contributed by atoms with Crippen molar-refractivity contribution in [3.05, 3.63) is 62.3 Å². The van der Waals surface area contributed by atoms with E-state index in [1.807, 2.05) is 4.90 Å². The van der Waals surface area contributed by atoms with Crippen molar-refractivity contribution in [1.29, 1.82) is 0 Å². The molecule has 1 atom stereocenters. The standard InChI is InChI=1S/C24H29N5O5/c1-3-4-12-28-20(27-11-7-9-18(25)16-27)13-21(30)29(24(28)33)15-17-8-5-6-10-19(17)23(32)26-14-22(31)34-2/h5-6,8,10,13,18H,7,9,11-12,14-16,25H2,1-2H3,(H,26,32)/t18-/m1/s1. The van der Waals surface area contributed by atoms with Crippen LogP contribution in [0, 0.1) is 11.8 Å². The maximum absolute atomic E-state index is 13.4. The molecule has 0 bridgehead atoms. The number of esters is 1. The maximum Gasteiger partial charge on any atom is 0.333 e. The maximum atomic E-state index is 13.4. The first-order valence-electron chi connectivity index (χ1n) is 11.0. The smallest absolute Gasteiger partial charge is 0.333 e. The van der Waals surface area contributed by atoms with Crippen LogP contribution in [0.2, 0.25) is 0 Å². The van der Waals surface area contributed by atoms with E-state index < -0.39 is 23.1 Å². The van der Waals surface area contributed by atoms with Gasteiger partial charge < -0.3 is 20.7 Å². The summed E-state index contributed by atoms with van der Waals surface area (Å²) >= 11 is 0. The van der Waals surface area contributed by atoms with E-state index in [1.54, 1.807) is 31.2 Å². The van der Waals surface area contributed by atoms with Crippen LogP contribution in [0.1, 0.15) is 35.7 Å². The zero-order valence-electron chi connectivity index (χ0n) is 19.4. The summed E-state index contributed by atoms with van der Waals surface area (Å²) in [6.45, 7) is 2.64. The van der Waals surface area contributed by atoms with Crippen LogP contribution in [0.15, 0.2) is 39.9 Å². The molecule has 0 spiro atoms. The minimum atomic E-state index is -0.588. The predicted molar refractivity (Wildman–Crippen MR) is 128 cm³/mol. The fourth-order valence-corrected chi connectivity index (χ4v) is 3.91. The molecular formula is C24H29N5O5. The van der Waals surface area contributed by atoms with Crippen molar-refractivity contribution >= 4 is 17.7 Å². The zero-order chi connectivity index (χ0) is 24.7. The molecule has 2 heterocycles. The molecule has 1 aliphatic rings. The molecule has 0 unspecified atom stereocenters. The fourth-order valence-electron chi connectivity index (χ4n) is 3.91. The van der Waals surface area contributed by atoms with Crippen molar-refractivity contribution < 1.29 is 14.3 Å². The Morgan fingerprint density at radius 2 is 2.00 bits per heavy atom. The number of nitrogens with zero attached hydrogens (tertiary/aromatic N) is 3. The average molecular weight is 468 g/mol. The summed E-state index contributed by atoms with van der Waals surface area (Å²) < 4.78 is 7.09. The number of amides is 1. The molecule has 0 aliphatic carbocycles. The molecule has 10 nitrogen and oxygen atoms in total. The van der Waals surface area contributed by atoms with Gasteiger partial charge in [-0.3, -0.25) is 23.5 Å². The number of rotatable bonds is 7. The normalized spacial score (nSPS) is 15.3. The summed E-state index contributed by atoms with van der Waals surface area (Å²) in [4.78, 5) is 52.4. The van der Waals surface area contributed by atoms with Gasteiger partial charge in [0.25, 0.3) is 11.5 Å². The number of hydrogen-bond donors (Lipinski definition) is 2. The van der Waals surface area contributed by atoms with E-state index in [1.165, 1.54) is 17.7 Å². The molecule has 1 fully saturated rings. The molecule has 10 heteroatoms. The minimum Gasteiger partial charge on any atom is -0.468 e. The summed E-state index contributed by atoms with van der Waals surface area (Å²) in [5, 5.41) is 2.48. The van der Waals surface area contributed by atoms with Gasteiger partial charge in [-0.1, -0.05) is 24.1 Å². The van der Waals surface area contributed by atoms with Crippen molar-refractivity contribution in [1.82, 2.24) is 14.5 Å². The van der Waals surface area contributed by atoms with Gasteiger partial charge in [-0.2, -0.15) is 0 Å². The number of carbonyl (C=O) groups excluding carboxylic acids is 2. The molecule has 180 valence electrons. The van der Waals surface area contributed by atoms with Gasteiger partial charge >= 0.3 is 11.7 Å². The summed E-state index contributed by atoms with van der Waals surface area (Å²) in [5.74, 6) is 5.08. The van der Waals surface area contributed by atoms with Crippen LogP contribution in [0.25, 0.3) is 0 Å². The second-order valence-electron chi connectivity index (χ2n) is 7.99. The Hall–Kier alpha value is -3.84. The fraction of sp³-hybridized carbons (Fsp3) is 0.417. The van der Waals surface area contributed by atoms with Crippen molar-refractivity contribution in [2.75, 3.05) is 31.6 Å². The van der Waals surface area contributed by atoms with Gasteiger partial charge in [-0.05, 0) is 31.4 Å². The third-order valence-corrected chi connectivity index (χ3v) is 5.66. The molecule has 1 aromatic carbocycles. The highest BCUT2D eigenvalue weighted by atomic mass is 16.5. The molecular weight excluding hydrogens is 438 g/mol. The second kappa shape index (κ2) is 11.3. The third-order valence-electron chi connectivity index (χ3n) is 5.66. The van der Waals surface area contributed by atoms with E-state index in [0.717, 1.165) is 17.4 Å². The molecule has 1 aromatic heterocycles. The van der Waals surface area contributed by atoms with E-state index in [9.17, 15) is 19.2 Å². The quantitative estimate of drug-likeness (QED) is 0.430. The number of ether oxygens (including phenoxy) is 1. The molecule has 3 N–H and O–H groups in total. The second-order valence-corrected chi connectivity index (χ2v) is 7.99. The van der Waals surface area contributed by atoms with Crippen LogP contribution >= 0.6 is 0 Å². The summed E-state index contributed by atoms with van der Waals surface area (Å²) in [6.07, 6.45) is 1.76.